The monoisotopic (exact) mass is 156 g/mol. The SMILES string of the molecule is [CH2+]CC=C(O)N1CCOCC1. The molecule has 3 heteroatoms. The fraction of sp³-hybridized carbons (Fsp3) is 0.625. The van der Waals surface area contributed by atoms with Crippen molar-refractivity contribution in [2.45, 2.75) is 6.42 Å². The van der Waals surface area contributed by atoms with Gasteiger partial charge in [0.25, 0.3) is 0 Å². The Balaban J connectivity index is 2.38. The van der Waals surface area contributed by atoms with Crippen LogP contribution in [-0.4, -0.2) is 36.3 Å². The summed E-state index contributed by atoms with van der Waals surface area (Å²) in [6.45, 7) is 6.59. The molecular formula is C8H14NO2+. The van der Waals surface area contributed by atoms with Crippen molar-refractivity contribution < 1.29 is 9.84 Å². The van der Waals surface area contributed by atoms with Crippen molar-refractivity contribution in [1.29, 1.82) is 0 Å². The Hall–Kier alpha value is -0.830. The van der Waals surface area contributed by atoms with Gasteiger partial charge in [0, 0.05) is 19.2 Å². The number of nitrogens with zero attached hydrogens (tertiary/aromatic N) is 1. The number of rotatable bonds is 2. The van der Waals surface area contributed by atoms with Gasteiger partial charge in [0.2, 0.25) is 0 Å². The Bertz CT molecular complexity index is 139. The Kier molecular flexibility index (Phi) is 3.11. The first-order valence-electron chi connectivity index (χ1n) is 3.85. The maximum Gasteiger partial charge on any atom is 0.187 e. The summed E-state index contributed by atoms with van der Waals surface area (Å²) in [7, 11) is 0. The fourth-order valence-electron chi connectivity index (χ4n) is 1.05. The van der Waals surface area contributed by atoms with E-state index in [1.807, 2.05) is 4.90 Å². The second-order valence-electron chi connectivity index (χ2n) is 2.45. The van der Waals surface area contributed by atoms with Gasteiger partial charge in [-0.05, 0) is 0 Å². The van der Waals surface area contributed by atoms with Crippen LogP contribution in [0.2, 0.25) is 0 Å². The lowest BCUT2D eigenvalue weighted by molar-refractivity contribution is 0.0312. The number of hydrogen-bond acceptors (Lipinski definition) is 3. The van der Waals surface area contributed by atoms with Crippen LogP contribution < -0.4 is 0 Å². The molecule has 0 aliphatic carbocycles. The van der Waals surface area contributed by atoms with Gasteiger partial charge in [-0.2, -0.15) is 0 Å². The lowest BCUT2D eigenvalue weighted by Gasteiger charge is -2.27. The van der Waals surface area contributed by atoms with Gasteiger partial charge in [-0.1, -0.05) is 0 Å². The number of ether oxygens (including phenoxy) is 1. The van der Waals surface area contributed by atoms with E-state index < -0.39 is 0 Å². The van der Waals surface area contributed by atoms with Crippen LogP contribution in [0.4, 0.5) is 0 Å². The molecule has 1 fully saturated rings. The molecule has 0 bridgehead atoms. The highest BCUT2D eigenvalue weighted by molar-refractivity contribution is 4.92. The van der Waals surface area contributed by atoms with Crippen molar-refractivity contribution in [2.75, 3.05) is 26.3 Å². The molecule has 1 heterocycles. The molecule has 0 unspecified atom stereocenters. The van der Waals surface area contributed by atoms with Crippen molar-refractivity contribution in [3.05, 3.63) is 18.9 Å². The number of hydrogen-bond donors (Lipinski definition) is 1. The molecule has 1 aliphatic rings. The molecule has 3 nitrogen and oxygen atoms in total. The van der Waals surface area contributed by atoms with E-state index in [0.29, 0.717) is 25.5 Å². The summed E-state index contributed by atoms with van der Waals surface area (Å²) in [5.41, 5.74) is 0. The molecule has 0 spiro atoms. The lowest BCUT2D eigenvalue weighted by Crippen LogP contribution is -2.35. The average molecular weight is 156 g/mol. The molecule has 1 N–H and O–H groups in total. The van der Waals surface area contributed by atoms with Crippen molar-refractivity contribution in [1.82, 2.24) is 4.90 Å². The zero-order valence-corrected chi connectivity index (χ0v) is 6.62. The standard InChI is InChI=1S/C8H13NO2/c1-2-3-8(10)9-4-6-11-7-5-9/h3H,1-2,4-7H2/p+1. The van der Waals surface area contributed by atoms with Gasteiger partial charge in [0.1, 0.15) is 6.42 Å². The predicted molar refractivity (Wildman–Crippen MR) is 43.1 cm³/mol. The second-order valence-corrected chi connectivity index (χ2v) is 2.45. The van der Waals surface area contributed by atoms with E-state index in [4.69, 9.17) is 4.74 Å². The van der Waals surface area contributed by atoms with E-state index in [0.717, 1.165) is 13.1 Å². The zero-order valence-electron chi connectivity index (χ0n) is 6.62. The van der Waals surface area contributed by atoms with Crippen molar-refractivity contribution in [2.24, 2.45) is 0 Å². The number of morpholine rings is 1. The molecule has 1 rings (SSSR count). The third-order valence-electron chi connectivity index (χ3n) is 1.66. The van der Waals surface area contributed by atoms with Gasteiger partial charge in [-0.15, -0.1) is 0 Å². The summed E-state index contributed by atoms with van der Waals surface area (Å²) in [5, 5.41) is 9.37. The molecule has 0 saturated carbocycles. The van der Waals surface area contributed by atoms with Crippen molar-refractivity contribution in [3.8, 4) is 0 Å². The van der Waals surface area contributed by atoms with Crippen LogP contribution in [0.3, 0.4) is 0 Å². The molecule has 0 aromatic carbocycles. The second kappa shape index (κ2) is 4.13. The van der Waals surface area contributed by atoms with E-state index in [1.54, 1.807) is 6.08 Å². The maximum atomic E-state index is 9.37. The predicted octanol–water partition coefficient (Wildman–Crippen LogP) is 0.942. The molecule has 1 saturated heterocycles. The summed E-state index contributed by atoms with van der Waals surface area (Å²) in [4.78, 5) is 1.90. The minimum Gasteiger partial charge on any atom is -0.495 e. The lowest BCUT2D eigenvalue weighted by atomic mass is 10.4. The van der Waals surface area contributed by atoms with Gasteiger partial charge >= 0.3 is 0 Å². The number of aliphatic hydroxyl groups excluding tert-OH is 1. The zero-order chi connectivity index (χ0) is 8.10. The Morgan fingerprint density at radius 1 is 1.55 bits per heavy atom. The molecule has 0 atom stereocenters. The average Bonchev–Trinajstić information content (AvgIpc) is 2.07. The first kappa shape index (κ1) is 8.27. The molecule has 0 amide bonds. The maximum absolute atomic E-state index is 9.37. The van der Waals surface area contributed by atoms with Crippen molar-refractivity contribution >= 4 is 0 Å². The van der Waals surface area contributed by atoms with E-state index in [-0.39, 0.29) is 0 Å². The van der Waals surface area contributed by atoms with Crippen LogP contribution in [0.15, 0.2) is 12.0 Å². The highest BCUT2D eigenvalue weighted by Gasteiger charge is 2.11. The van der Waals surface area contributed by atoms with Gasteiger partial charge in [0.05, 0.1) is 20.1 Å². The van der Waals surface area contributed by atoms with Gasteiger partial charge < -0.3 is 14.7 Å². The smallest absolute Gasteiger partial charge is 0.187 e. The molecule has 62 valence electrons. The third kappa shape index (κ3) is 2.35. The minimum absolute atomic E-state index is 0.336. The van der Waals surface area contributed by atoms with E-state index in [9.17, 15) is 5.11 Å². The first-order chi connectivity index (χ1) is 5.34. The summed E-state index contributed by atoms with van der Waals surface area (Å²) in [6.07, 6.45) is 2.34. The van der Waals surface area contributed by atoms with Crippen LogP contribution in [0.25, 0.3) is 0 Å². The van der Waals surface area contributed by atoms with Crippen LogP contribution in [-0.2, 0) is 4.74 Å². The minimum atomic E-state index is 0.336. The topological polar surface area (TPSA) is 32.7 Å². The summed E-state index contributed by atoms with van der Waals surface area (Å²) in [5.74, 6) is 0.336. The van der Waals surface area contributed by atoms with E-state index in [1.165, 1.54) is 0 Å². The molecule has 11 heavy (non-hydrogen) atoms. The molecule has 1 aliphatic heterocycles. The first-order valence-corrected chi connectivity index (χ1v) is 3.85. The molecule has 0 aromatic rings. The fourth-order valence-corrected chi connectivity index (χ4v) is 1.05. The largest absolute Gasteiger partial charge is 0.495 e. The van der Waals surface area contributed by atoms with Gasteiger partial charge in [-0.3, -0.25) is 0 Å². The normalized spacial score (nSPS) is 20.4. The quantitative estimate of drug-likeness (QED) is 0.477. The van der Waals surface area contributed by atoms with E-state index >= 15 is 0 Å². The Morgan fingerprint density at radius 3 is 2.73 bits per heavy atom. The van der Waals surface area contributed by atoms with Crippen LogP contribution in [0.1, 0.15) is 6.42 Å². The molecular weight excluding hydrogens is 142 g/mol. The van der Waals surface area contributed by atoms with Crippen LogP contribution >= 0.6 is 0 Å². The van der Waals surface area contributed by atoms with Crippen molar-refractivity contribution in [3.63, 3.8) is 0 Å². The summed E-state index contributed by atoms with van der Waals surface area (Å²) < 4.78 is 5.13. The Labute approximate surface area is 67.3 Å². The number of aliphatic hydroxyl groups is 1. The summed E-state index contributed by atoms with van der Waals surface area (Å²) >= 11 is 0. The van der Waals surface area contributed by atoms with Crippen LogP contribution in [0.5, 0.6) is 0 Å². The summed E-state index contributed by atoms with van der Waals surface area (Å²) in [6, 6.07) is 0. The van der Waals surface area contributed by atoms with E-state index in [2.05, 4.69) is 6.92 Å². The van der Waals surface area contributed by atoms with Gasteiger partial charge in [-0.25, -0.2) is 0 Å². The third-order valence-corrected chi connectivity index (χ3v) is 1.66. The van der Waals surface area contributed by atoms with Gasteiger partial charge in [0.15, 0.2) is 5.88 Å². The highest BCUT2D eigenvalue weighted by atomic mass is 16.5. The van der Waals surface area contributed by atoms with Crippen LogP contribution in [0, 0.1) is 6.92 Å². The Morgan fingerprint density at radius 2 is 2.18 bits per heavy atom. The number of allylic oxidation sites excluding steroid dienone is 1. The molecule has 0 radical (unpaired) electrons. The molecule has 0 aromatic heterocycles. The highest BCUT2D eigenvalue weighted by Crippen LogP contribution is 2.04.